The van der Waals surface area contributed by atoms with Crippen molar-refractivity contribution < 1.29 is 9.53 Å². The molecule has 0 radical (unpaired) electrons. The van der Waals surface area contributed by atoms with Crippen LogP contribution >= 0.6 is 0 Å². The van der Waals surface area contributed by atoms with Crippen LogP contribution in [0.1, 0.15) is 48.8 Å². The molecule has 0 unspecified atom stereocenters. The van der Waals surface area contributed by atoms with Crippen LogP contribution in [0.4, 0.5) is 0 Å². The van der Waals surface area contributed by atoms with E-state index in [0.717, 1.165) is 43.8 Å². The first-order valence-electron chi connectivity index (χ1n) is 8.80. The van der Waals surface area contributed by atoms with Gasteiger partial charge in [0, 0.05) is 37.3 Å². The fourth-order valence-corrected chi connectivity index (χ4v) is 3.92. The quantitative estimate of drug-likeness (QED) is 0.943. The minimum atomic E-state index is 0.265. The number of carbonyl (C=O) groups excluding carboxylic acids is 1. The van der Waals surface area contributed by atoms with Crippen molar-refractivity contribution in [3.63, 3.8) is 0 Å². The van der Waals surface area contributed by atoms with E-state index in [1.54, 1.807) is 6.20 Å². The highest BCUT2D eigenvalue weighted by atomic mass is 16.5. The largest absolute Gasteiger partial charge is 0.493 e. The number of rotatable bonds is 3. The maximum atomic E-state index is 12.9. The number of benzene rings is 1. The number of nitrogens with zero attached hydrogens (tertiary/aromatic N) is 2. The summed E-state index contributed by atoms with van der Waals surface area (Å²) in [6, 6.07) is 10.1. The fourth-order valence-electron chi connectivity index (χ4n) is 3.92. The molecule has 1 aromatic heterocycles. The molecule has 0 bridgehead atoms. The first-order chi connectivity index (χ1) is 11.8. The van der Waals surface area contributed by atoms with Gasteiger partial charge in [0.05, 0.1) is 6.61 Å². The Morgan fingerprint density at radius 2 is 2.21 bits per heavy atom. The van der Waals surface area contributed by atoms with E-state index >= 15 is 0 Å². The number of likely N-dealkylation sites (tertiary alicyclic amines) is 1. The van der Waals surface area contributed by atoms with Gasteiger partial charge in [-0.1, -0.05) is 18.2 Å². The van der Waals surface area contributed by atoms with Crippen LogP contribution in [0.25, 0.3) is 0 Å². The van der Waals surface area contributed by atoms with E-state index in [4.69, 9.17) is 4.74 Å². The number of hydrogen-bond donors (Lipinski definition) is 1. The molecule has 5 heteroatoms. The van der Waals surface area contributed by atoms with Gasteiger partial charge >= 0.3 is 0 Å². The molecular weight excluding hydrogens is 302 g/mol. The second-order valence-corrected chi connectivity index (χ2v) is 6.77. The summed E-state index contributed by atoms with van der Waals surface area (Å²) in [5.74, 6) is 1.86. The topological polar surface area (TPSA) is 58.2 Å². The zero-order valence-corrected chi connectivity index (χ0v) is 13.8. The van der Waals surface area contributed by atoms with Gasteiger partial charge in [0.1, 0.15) is 5.75 Å². The highest BCUT2D eigenvalue weighted by molar-refractivity contribution is 5.77. The Morgan fingerprint density at radius 3 is 3.08 bits per heavy atom. The Bertz CT molecular complexity index is 698. The van der Waals surface area contributed by atoms with Crippen LogP contribution < -0.4 is 4.74 Å². The van der Waals surface area contributed by atoms with Crippen molar-refractivity contribution in [1.29, 1.82) is 0 Å². The molecule has 126 valence electrons. The van der Waals surface area contributed by atoms with E-state index in [2.05, 4.69) is 16.3 Å². The van der Waals surface area contributed by atoms with Gasteiger partial charge in [-0.3, -0.25) is 9.89 Å². The van der Waals surface area contributed by atoms with E-state index in [9.17, 15) is 4.79 Å². The van der Waals surface area contributed by atoms with Crippen LogP contribution in [-0.4, -0.2) is 40.7 Å². The summed E-state index contributed by atoms with van der Waals surface area (Å²) in [5, 5.41) is 7.10. The number of para-hydroxylation sites is 1. The fraction of sp³-hybridized carbons (Fsp3) is 0.474. The molecule has 1 aromatic carbocycles. The SMILES string of the molecule is O=C(C[C@H]1CCOc2ccccc21)N1CCC[C@H](c2ccn[nH]2)C1. The number of amides is 1. The van der Waals surface area contributed by atoms with Crippen molar-refractivity contribution in [2.45, 2.75) is 37.5 Å². The lowest BCUT2D eigenvalue weighted by molar-refractivity contribution is -0.133. The summed E-state index contributed by atoms with van der Waals surface area (Å²) >= 11 is 0. The number of aromatic amines is 1. The standard InChI is InChI=1S/C19H23N3O2/c23-19(12-14-8-11-24-18-6-2-1-5-16(14)18)22-10-3-4-15(13-22)17-7-9-20-21-17/h1-2,5-7,9,14-15H,3-4,8,10-13H2,(H,20,21)/t14-,15+/m1/s1. The molecule has 2 aliphatic heterocycles. The minimum absolute atomic E-state index is 0.265. The lowest BCUT2D eigenvalue weighted by Crippen LogP contribution is -2.40. The normalized spacial score (nSPS) is 23.4. The molecule has 3 heterocycles. The van der Waals surface area contributed by atoms with Gasteiger partial charge in [0.25, 0.3) is 0 Å². The summed E-state index contributed by atoms with van der Waals surface area (Å²) in [5.41, 5.74) is 2.32. The maximum absolute atomic E-state index is 12.9. The summed E-state index contributed by atoms with van der Waals surface area (Å²) in [4.78, 5) is 14.9. The second kappa shape index (κ2) is 6.67. The number of piperidine rings is 1. The summed E-state index contributed by atoms with van der Waals surface area (Å²) in [6.07, 6.45) is 5.46. The van der Waals surface area contributed by atoms with Crippen LogP contribution in [0.2, 0.25) is 0 Å². The van der Waals surface area contributed by atoms with Crippen molar-refractivity contribution >= 4 is 5.91 Å². The number of carbonyl (C=O) groups is 1. The molecule has 2 aromatic rings. The van der Waals surface area contributed by atoms with Crippen LogP contribution in [0.5, 0.6) is 5.75 Å². The monoisotopic (exact) mass is 325 g/mol. The molecule has 0 aliphatic carbocycles. The molecule has 24 heavy (non-hydrogen) atoms. The molecule has 1 saturated heterocycles. The minimum Gasteiger partial charge on any atom is -0.493 e. The summed E-state index contributed by atoms with van der Waals surface area (Å²) < 4.78 is 5.71. The van der Waals surface area contributed by atoms with Gasteiger partial charge < -0.3 is 9.64 Å². The Hall–Kier alpha value is -2.30. The second-order valence-electron chi connectivity index (χ2n) is 6.77. The van der Waals surface area contributed by atoms with Gasteiger partial charge in [0.15, 0.2) is 0 Å². The van der Waals surface area contributed by atoms with Gasteiger partial charge in [0.2, 0.25) is 5.91 Å². The third-order valence-electron chi connectivity index (χ3n) is 5.24. The first kappa shape index (κ1) is 15.2. The molecule has 2 aliphatic rings. The highest BCUT2D eigenvalue weighted by Crippen LogP contribution is 2.36. The van der Waals surface area contributed by atoms with E-state index in [1.165, 1.54) is 5.56 Å². The smallest absolute Gasteiger partial charge is 0.223 e. The number of fused-ring (bicyclic) bond motifs is 1. The molecule has 1 amide bonds. The highest BCUT2D eigenvalue weighted by Gasteiger charge is 2.29. The third-order valence-corrected chi connectivity index (χ3v) is 5.24. The molecule has 1 N–H and O–H groups in total. The molecule has 0 saturated carbocycles. The Morgan fingerprint density at radius 1 is 1.29 bits per heavy atom. The van der Waals surface area contributed by atoms with Gasteiger partial charge in [-0.2, -0.15) is 5.10 Å². The number of ether oxygens (including phenoxy) is 1. The van der Waals surface area contributed by atoms with E-state index < -0.39 is 0 Å². The van der Waals surface area contributed by atoms with E-state index in [0.29, 0.717) is 18.9 Å². The maximum Gasteiger partial charge on any atom is 0.223 e. The average Bonchev–Trinajstić information content (AvgIpc) is 3.17. The molecule has 5 nitrogen and oxygen atoms in total. The van der Waals surface area contributed by atoms with E-state index in [-0.39, 0.29) is 11.8 Å². The van der Waals surface area contributed by atoms with Crippen molar-refractivity contribution in [2.24, 2.45) is 0 Å². The summed E-state index contributed by atoms with van der Waals surface area (Å²) in [7, 11) is 0. The molecule has 1 fully saturated rings. The van der Waals surface area contributed by atoms with Gasteiger partial charge in [-0.05, 0) is 42.9 Å². The summed E-state index contributed by atoms with van der Waals surface area (Å²) in [6.45, 7) is 2.37. The first-order valence-corrected chi connectivity index (χ1v) is 8.80. The predicted octanol–water partition coefficient (Wildman–Crippen LogP) is 3.07. The lowest BCUT2D eigenvalue weighted by atomic mass is 9.89. The number of H-pyrrole nitrogens is 1. The Labute approximate surface area is 142 Å². The van der Waals surface area contributed by atoms with Crippen molar-refractivity contribution in [2.75, 3.05) is 19.7 Å². The lowest BCUT2D eigenvalue weighted by Gasteiger charge is -2.34. The van der Waals surface area contributed by atoms with Crippen molar-refractivity contribution in [3.05, 3.63) is 47.8 Å². The predicted molar refractivity (Wildman–Crippen MR) is 91.1 cm³/mol. The Kier molecular flexibility index (Phi) is 4.24. The Balaban J connectivity index is 1.43. The number of aromatic nitrogens is 2. The average molecular weight is 325 g/mol. The molecule has 2 atom stereocenters. The zero-order chi connectivity index (χ0) is 16.4. The zero-order valence-electron chi connectivity index (χ0n) is 13.8. The third kappa shape index (κ3) is 3.03. The molecule has 4 rings (SSSR count). The van der Waals surface area contributed by atoms with Gasteiger partial charge in [-0.25, -0.2) is 0 Å². The van der Waals surface area contributed by atoms with E-state index in [1.807, 2.05) is 29.2 Å². The molecular formula is C19H23N3O2. The van der Waals surface area contributed by atoms with Crippen molar-refractivity contribution in [3.8, 4) is 5.75 Å². The van der Waals surface area contributed by atoms with Gasteiger partial charge in [-0.15, -0.1) is 0 Å². The molecule has 0 spiro atoms. The van der Waals surface area contributed by atoms with Crippen LogP contribution in [0.3, 0.4) is 0 Å². The van der Waals surface area contributed by atoms with Crippen LogP contribution in [0.15, 0.2) is 36.5 Å². The van der Waals surface area contributed by atoms with Crippen LogP contribution in [-0.2, 0) is 4.79 Å². The number of hydrogen-bond acceptors (Lipinski definition) is 3. The van der Waals surface area contributed by atoms with Crippen LogP contribution in [0, 0.1) is 0 Å². The number of nitrogens with one attached hydrogen (secondary N) is 1. The van der Waals surface area contributed by atoms with Crippen molar-refractivity contribution in [1.82, 2.24) is 15.1 Å².